The molecule has 0 spiro atoms. The lowest BCUT2D eigenvalue weighted by Gasteiger charge is -2.17. The van der Waals surface area contributed by atoms with Crippen LogP contribution in [0.5, 0.6) is 0 Å². The van der Waals surface area contributed by atoms with Gasteiger partial charge in [-0.25, -0.2) is 5.06 Å². The Labute approximate surface area is 95.0 Å². The minimum absolute atomic E-state index is 0.0615. The molecule has 0 atom stereocenters. The highest BCUT2D eigenvalue weighted by atomic mass is 35.5. The van der Waals surface area contributed by atoms with E-state index in [0.29, 0.717) is 13.2 Å². The van der Waals surface area contributed by atoms with Crippen molar-refractivity contribution < 1.29 is 9.63 Å². The summed E-state index contributed by atoms with van der Waals surface area (Å²) < 4.78 is 0. The van der Waals surface area contributed by atoms with Gasteiger partial charge in [-0.05, 0) is 38.7 Å². The maximum absolute atomic E-state index is 11.9. The monoisotopic (exact) mass is 229 g/mol. The van der Waals surface area contributed by atoms with Gasteiger partial charge in [0, 0.05) is 5.03 Å². The first-order valence-electron chi connectivity index (χ1n) is 5.32. The van der Waals surface area contributed by atoms with Crippen LogP contribution in [0.3, 0.4) is 0 Å². The summed E-state index contributed by atoms with van der Waals surface area (Å²) >= 11 is 6.06. The van der Waals surface area contributed by atoms with E-state index in [1.54, 1.807) is 0 Å². The number of halogens is 1. The van der Waals surface area contributed by atoms with E-state index in [2.05, 4.69) is 0 Å². The minimum Gasteiger partial charge on any atom is -0.272 e. The van der Waals surface area contributed by atoms with Crippen LogP contribution in [-0.4, -0.2) is 24.1 Å². The number of nitrogens with zero attached hydrogens (tertiary/aromatic N) is 1. The zero-order valence-corrected chi connectivity index (χ0v) is 9.93. The van der Waals surface area contributed by atoms with Gasteiger partial charge in [0.05, 0.1) is 18.6 Å². The Bertz CT molecular complexity index is 323. The molecular formula is C11H16ClNO2. The molecule has 2 rings (SSSR count). The number of rotatable bonds is 2. The van der Waals surface area contributed by atoms with Gasteiger partial charge in [0.2, 0.25) is 0 Å². The van der Waals surface area contributed by atoms with Crippen LogP contribution in [0, 0.1) is 5.41 Å². The highest BCUT2D eigenvalue weighted by Gasteiger charge is 2.40. The molecule has 0 aromatic heterocycles. The number of carbonyl (C=O) groups excluding carboxylic acids is 1. The lowest BCUT2D eigenvalue weighted by Crippen LogP contribution is -2.32. The molecule has 3 nitrogen and oxygen atoms in total. The molecule has 0 radical (unpaired) electrons. The molecule has 0 aromatic carbocycles. The van der Waals surface area contributed by atoms with Crippen LogP contribution in [0.4, 0.5) is 0 Å². The zero-order valence-electron chi connectivity index (χ0n) is 9.18. The molecule has 2 aliphatic rings. The van der Waals surface area contributed by atoms with Crippen molar-refractivity contribution in [2.24, 2.45) is 5.41 Å². The van der Waals surface area contributed by atoms with E-state index in [9.17, 15) is 4.79 Å². The number of carbonyl (C=O) groups is 1. The molecule has 1 heterocycles. The van der Waals surface area contributed by atoms with E-state index in [-0.39, 0.29) is 11.3 Å². The molecule has 1 saturated heterocycles. The topological polar surface area (TPSA) is 29.5 Å². The Morgan fingerprint density at radius 3 is 2.67 bits per heavy atom. The van der Waals surface area contributed by atoms with Gasteiger partial charge in [0.15, 0.2) is 0 Å². The van der Waals surface area contributed by atoms with Crippen LogP contribution >= 0.6 is 11.6 Å². The lowest BCUT2D eigenvalue weighted by molar-refractivity contribution is -0.160. The van der Waals surface area contributed by atoms with Crippen molar-refractivity contribution in [3.8, 4) is 0 Å². The van der Waals surface area contributed by atoms with Crippen molar-refractivity contribution in [3.05, 3.63) is 10.6 Å². The molecular weight excluding hydrogens is 214 g/mol. The number of hydrogen-bond donors (Lipinski definition) is 0. The van der Waals surface area contributed by atoms with Crippen LogP contribution in [0.1, 0.15) is 33.1 Å². The normalized spacial score (nSPS) is 25.5. The third-order valence-corrected chi connectivity index (χ3v) is 3.44. The molecule has 1 aliphatic carbocycles. The molecule has 1 aliphatic heterocycles. The van der Waals surface area contributed by atoms with Crippen molar-refractivity contribution in [2.45, 2.75) is 33.1 Å². The Balaban J connectivity index is 2.03. The summed E-state index contributed by atoms with van der Waals surface area (Å²) in [5, 5.41) is 2.37. The molecule has 1 amide bonds. The van der Waals surface area contributed by atoms with Gasteiger partial charge in [-0.1, -0.05) is 11.6 Å². The van der Waals surface area contributed by atoms with Crippen LogP contribution in [0.2, 0.25) is 0 Å². The summed E-state index contributed by atoms with van der Waals surface area (Å²) in [6.07, 6.45) is 3.04. The Morgan fingerprint density at radius 2 is 2.20 bits per heavy atom. The molecule has 0 aromatic rings. The van der Waals surface area contributed by atoms with Crippen LogP contribution in [0.15, 0.2) is 10.6 Å². The summed E-state index contributed by atoms with van der Waals surface area (Å²) in [6, 6.07) is 0. The van der Waals surface area contributed by atoms with E-state index >= 15 is 0 Å². The minimum atomic E-state index is -0.383. The fourth-order valence-corrected chi connectivity index (χ4v) is 2.21. The maximum Gasteiger partial charge on any atom is 0.254 e. The number of hydrogen-bond acceptors (Lipinski definition) is 2. The highest BCUT2D eigenvalue weighted by Crippen LogP contribution is 2.32. The average molecular weight is 230 g/mol. The molecule has 84 valence electrons. The van der Waals surface area contributed by atoms with E-state index in [1.807, 2.05) is 13.8 Å². The van der Waals surface area contributed by atoms with Gasteiger partial charge in [0.25, 0.3) is 5.91 Å². The van der Waals surface area contributed by atoms with E-state index < -0.39 is 0 Å². The largest absolute Gasteiger partial charge is 0.272 e. The van der Waals surface area contributed by atoms with Crippen LogP contribution < -0.4 is 0 Å². The summed E-state index contributed by atoms with van der Waals surface area (Å²) in [5.41, 5.74) is 0.772. The second kappa shape index (κ2) is 3.80. The van der Waals surface area contributed by atoms with E-state index in [4.69, 9.17) is 16.4 Å². The Hall–Kier alpha value is -0.540. The SMILES string of the molecule is CC1(C)CON(CC2=C(Cl)CCC2)C1=O. The molecule has 0 saturated carbocycles. The van der Waals surface area contributed by atoms with E-state index in [1.165, 1.54) is 5.06 Å². The highest BCUT2D eigenvalue weighted by molar-refractivity contribution is 6.30. The molecule has 4 heteroatoms. The third kappa shape index (κ3) is 2.04. The predicted molar refractivity (Wildman–Crippen MR) is 58.2 cm³/mol. The Kier molecular flexibility index (Phi) is 2.77. The zero-order chi connectivity index (χ0) is 11.1. The fraction of sp³-hybridized carbons (Fsp3) is 0.727. The quantitative estimate of drug-likeness (QED) is 0.728. The first kappa shape index (κ1) is 11.0. The van der Waals surface area contributed by atoms with Gasteiger partial charge < -0.3 is 0 Å². The smallest absolute Gasteiger partial charge is 0.254 e. The van der Waals surface area contributed by atoms with Gasteiger partial charge in [-0.2, -0.15) is 0 Å². The van der Waals surface area contributed by atoms with Crippen molar-refractivity contribution in [1.82, 2.24) is 5.06 Å². The number of amides is 1. The first-order valence-corrected chi connectivity index (χ1v) is 5.70. The van der Waals surface area contributed by atoms with Crippen molar-refractivity contribution >= 4 is 17.5 Å². The molecule has 1 fully saturated rings. The van der Waals surface area contributed by atoms with E-state index in [0.717, 1.165) is 29.9 Å². The Morgan fingerprint density at radius 1 is 1.47 bits per heavy atom. The second-order valence-electron chi connectivity index (χ2n) is 4.86. The van der Waals surface area contributed by atoms with Gasteiger partial charge in [-0.3, -0.25) is 9.63 Å². The van der Waals surface area contributed by atoms with Gasteiger partial charge in [0.1, 0.15) is 0 Å². The summed E-state index contributed by atoms with van der Waals surface area (Å²) in [6.45, 7) is 4.82. The molecule has 0 bridgehead atoms. The predicted octanol–water partition coefficient (Wildman–Crippen LogP) is 2.46. The summed E-state index contributed by atoms with van der Waals surface area (Å²) in [7, 11) is 0. The molecule has 0 N–H and O–H groups in total. The van der Waals surface area contributed by atoms with Crippen molar-refractivity contribution in [3.63, 3.8) is 0 Å². The number of allylic oxidation sites excluding steroid dienone is 1. The van der Waals surface area contributed by atoms with Crippen LogP contribution in [0.25, 0.3) is 0 Å². The second-order valence-corrected chi connectivity index (χ2v) is 5.32. The first-order chi connectivity index (χ1) is 7.00. The molecule has 0 unspecified atom stereocenters. The standard InChI is InChI=1S/C11H16ClNO2/c1-11(2)7-15-13(10(11)14)6-8-4-3-5-9(8)12/h3-7H2,1-2H3. The third-order valence-electron chi connectivity index (χ3n) is 2.98. The average Bonchev–Trinajstić information content (AvgIpc) is 2.66. The van der Waals surface area contributed by atoms with Crippen molar-refractivity contribution in [1.29, 1.82) is 0 Å². The maximum atomic E-state index is 11.9. The fourth-order valence-electron chi connectivity index (χ4n) is 1.92. The molecule has 15 heavy (non-hydrogen) atoms. The number of hydroxylamine groups is 2. The van der Waals surface area contributed by atoms with Crippen molar-refractivity contribution in [2.75, 3.05) is 13.2 Å². The summed E-state index contributed by atoms with van der Waals surface area (Å²) in [5.74, 6) is 0.0615. The van der Waals surface area contributed by atoms with Crippen LogP contribution in [-0.2, 0) is 9.63 Å². The lowest BCUT2D eigenvalue weighted by atomic mass is 9.95. The summed E-state index contributed by atoms with van der Waals surface area (Å²) in [4.78, 5) is 17.2. The van der Waals surface area contributed by atoms with Gasteiger partial charge in [-0.15, -0.1) is 0 Å². The van der Waals surface area contributed by atoms with Gasteiger partial charge >= 0.3 is 0 Å².